The van der Waals surface area contributed by atoms with Crippen LogP contribution >= 0.6 is 0 Å². The van der Waals surface area contributed by atoms with E-state index >= 15 is 0 Å². The van der Waals surface area contributed by atoms with E-state index in [1.54, 1.807) is 0 Å². The molecule has 0 spiro atoms. The lowest BCUT2D eigenvalue weighted by Gasteiger charge is -2.12. The maximum absolute atomic E-state index is 6.91. The van der Waals surface area contributed by atoms with Crippen LogP contribution in [0.25, 0.3) is 299 Å². The van der Waals surface area contributed by atoms with Crippen LogP contribution in [0.5, 0.6) is 0 Å². The second-order valence-corrected chi connectivity index (χ2v) is 37.3. The quantitative estimate of drug-likeness (QED) is 0.114. The third kappa shape index (κ3) is 15.6. The van der Waals surface area contributed by atoms with Gasteiger partial charge in [0.05, 0.1) is 0 Å². The average molecular weight is 1880 g/mol. The Morgan fingerprint density at radius 3 is 0.646 bits per heavy atom. The highest BCUT2D eigenvalue weighted by atomic mass is 16.3. The Hall–Kier alpha value is -20.0. The minimum atomic E-state index is 0.594. The molecule has 0 N–H and O–H groups in total. The highest BCUT2D eigenvalue weighted by molar-refractivity contribution is 6.23. The SMILES string of the molecule is c1ccc(-c2nc(-c3ccc4ccccc4c3)nc(-c3ccc(-c4ccc5ccccc5c4)c4oc5cc6ccccc6cc5c34)n2)cc1.c1ccc(-c2nc(-c3ccccc3)nc(-c3ccc(-c4ccc5ccccc5c4)c4oc5cc6ccccc6cc5c34)n2)cc1.c1ccc2cc(-c3nc(-c4ccc5ccccc5c4)nc(-c4ccc(-c5cccc6ccccc56)c5oc6cc7ccccc7cc6c45)n3)ccc2c1. The number of furan rings is 3. The lowest BCUT2D eigenvalue weighted by molar-refractivity contribution is 0.670. The molecule has 12 heteroatoms. The first-order valence-corrected chi connectivity index (χ1v) is 49.3. The number of aromatic nitrogens is 9. The minimum absolute atomic E-state index is 0.594. The summed E-state index contributed by atoms with van der Waals surface area (Å²) in [7, 11) is 0. The second-order valence-electron chi connectivity index (χ2n) is 37.3. The molecule has 30 aromatic rings. The first-order valence-electron chi connectivity index (χ1n) is 49.3. The van der Waals surface area contributed by atoms with Gasteiger partial charge in [-0.3, -0.25) is 0 Å². The molecule has 0 aliphatic heterocycles. The lowest BCUT2D eigenvalue weighted by Crippen LogP contribution is -2.01. The Balaban J connectivity index is 0.000000107. The van der Waals surface area contributed by atoms with Crippen LogP contribution in [0.15, 0.2) is 505 Å². The smallest absolute Gasteiger partial charge is 0.164 e. The Labute approximate surface area is 842 Å². The average Bonchev–Trinajstić information content (AvgIpc) is 1.58. The van der Waals surface area contributed by atoms with Gasteiger partial charge in [0.2, 0.25) is 0 Å². The van der Waals surface area contributed by atoms with Crippen molar-refractivity contribution in [2.75, 3.05) is 0 Å². The molecule has 0 radical (unpaired) electrons. The number of benzene rings is 24. The van der Waals surface area contributed by atoms with E-state index in [4.69, 9.17) is 58.1 Å². The molecule has 0 aliphatic rings. The summed E-state index contributed by atoms with van der Waals surface area (Å²) in [4.78, 5) is 46.1. The van der Waals surface area contributed by atoms with Crippen molar-refractivity contribution < 1.29 is 13.3 Å². The van der Waals surface area contributed by atoms with E-state index in [1.807, 2.05) is 91.0 Å². The molecule has 0 fully saturated rings. The van der Waals surface area contributed by atoms with Gasteiger partial charge in [-0.15, -0.1) is 0 Å². The van der Waals surface area contributed by atoms with Gasteiger partial charge in [-0.05, 0) is 217 Å². The van der Waals surface area contributed by atoms with Crippen LogP contribution < -0.4 is 0 Å². The Morgan fingerprint density at radius 1 is 0.116 bits per heavy atom. The van der Waals surface area contributed by atoms with Gasteiger partial charge < -0.3 is 13.3 Å². The van der Waals surface area contributed by atoms with Crippen LogP contribution in [0.3, 0.4) is 0 Å². The van der Waals surface area contributed by atoms with Gasteiger partial charge in [-0.1, -0.05) is 388 Å². The maximum Gasteiger partial charge on any atom is 0.164 e. The van der Waals surface area contributed by atoms with Crippen molar-refractivity contribution in [3.8, 4) is 136 Å². The number of hydrogen-bond donors (Lipinski definition) is 0. The summed E-state index contributed by atoms with van der Waals surface area (Å²) in [6.07, 6.45) is 0. The van der Waals surface area contributed by atoms with Crippen molar-refractivity contribution in [3.63, 3.8) is 0 Å². The molecule has 0 saturated carbocycles. The van der Waals surface area contributed by atoms with Gasteiger partial charge >= 0.3 is 0 Å². The number of nitrogens with zero attached hydrogens (tertiary/aromatic N) is 9. The van der Waals surface area contributed by atoms with E-state index in [2.05, 4.69) is 400 Å². The molecule has 147 heavy (non-hydrogen) atoms. The van der Waals surface area contributed by atoms with E-state index in [0.29, 0.717) is 52.4 Å². The summed E-state index contributed by atoms with van der Waals surface area (Å²) in [5, 5.41) is 26.9. The summed E-state index contributed by atoms with van der Waals surface area (Å²) < 4.78 is 20.5. The van der Waals surface area contributed by atoms with Gasteiger partial charge in [0, 0.05) is 99.1 Å². The Morgan fingerprint density at radius 2 is 0.333 bits per heavy atom. The fraction of sp³-hybridized carbons (Fsp3) is 0. The zero-order valence-corrected chi connectivity index (χ0v) is 79.0. The summed E-state index contributed by atoms with van der Waals surface area (Å²) in [5.41, 5.74) is 19.6. The van der Waals surface area contributed by atoms with Crippen molar-refractivity contribution in [3.05, 3.63) is 491 Å². The Bertz CT molecular complexity index is 10400. The van der Waals surface area contributed by atoms with Crippen molar-refractivity contribution in [2.45, 2.75) is 0 Å². The molecule has 6 heterocycles. The van der Waals surface area contributed by atoms with Crippen LogP contribution in [-0.4, -0.2) is 44.9 Å². The standard InChI is InChI=1S/C49H29N3O.C45H27N3O.C41H25N3O/c1-3-13-33-26-37(22-20-30(33)10-1)47-50-48(38-23-21-31-11-2-4-14-34(31)27-38)52-49(51-47)42-25-24-41(40-19-9-17-32-12-7-8-18-39(32)40)46-45(42)43-28-35-15-5-6-16-36(35)29-44(43)53-46;1-2-12-30(13-3-1)43-46-44(36-21-19-29-11-5-7-15-32(29)25-36)48-45(47-43)38-23-22-37(35-20-18-28-10-4-6-14-31(28)24-35)42-41(38)39-26-33-16-8-9-17-34(33)27-40(39)49-42;1-3-12-27(13-4-1)39-42-40(28-14-5-2-6-15-28)44-41(43-39)34-22-21-33(32-20-19-26-11-7-8-16-29(26)23-32)38-37(34)35-24-30-17-9-10-18-31(30)25-36(35)45-38/h1-29H;1-27H;1-25H. The van der Waals surface area contributed by atoms with Gasteiger partial charge in [0.15, 0.2) is 52.4 Å². The number of fused-ring (bicyclic) bond motifs is 18. The van der Waals surface area contributed by atoms with E-state index in [-0.39, 0.29) is 0 Å². The van der Waals surface area contributed by atoms with Gasteiger partial charge in [-0.25, -0.2) is 44.9 Å². The third-order valence-corrected chi connectivity index (χ3v) is 28.4. The fourth-order valence-electron chi connectivity index (χ4n) is 21.1. The molecule has 0 saturated heterocycles. The predicted octanol–water partition coefficient (Wildman–Crippen LogP) is 35.7. The molecule has 6 aromatic heterocycles. The van der Waals surface area contributed by atoms with Gasteiger partial charge in [0.1, 0.15) is 33.5 Å². The minimum Gasteiger partial charge on any atom is -0.455 e. The summed E-state index contributed by atoms with van der Waals surface area (Å²) in [6, 6.07) is 171. The van der Waals surface area contributed by atoms with Crippen LogP contribution in [0.2, 0.25) is 0 Å². The number of hydrogen-bond acceptors (Lipinski definition) is 12. The normalized spacial score (nSPS) is 11.7. The number of rotatable bonds is 12. The molecular formula is C135H81N9O3. The third-order valence-electron chi connectivity index (χ3n) is 28.4. The highest BCUT2D eigenvalue weighted by Crippen LogP contribution is 2.49. The molecule has 684 valence electrons. The van der Waals surface area contributed by atoms with Crippen LogP contribution in [0, 0.1) is 0 Å². The fourth-order valence-corrected chi connectivity index (χ4v) is 21.1. The molecular weight excluding hydrogens is 1800 g/mol. The molecule has 0 bridgehead atoms. The van der Waals surface area contributed by atoms with Crippen molar-refractivity contribution in [2.24, 2.45) is 0 Å². The first-order chi connectivity index (χ1) is 72.8. The largest absolute Gasteiger partial charge is 0.455 e. The predicted molar refractivity (Wildman–Crippen MR) is 604 cm³/mol. The molecule has 0 aliphatic carbocycles. The maximum atomic E-state index is 6.91. The van der Waals surface area contributed by atoms with Crippen molar-refractivity contribution in [1.82, 2.24) is 44.9 Å². The molecule has 12 nitrogen and oxygen atoms in total. The molecule has 0 amide bonds. The summed E-state index contributed by atoms with van der Waals surface area (Å²) >= 11 is 0. The van der Waals surface area contributed by atoms with Gasteiger partial charge in [0.25, 0.3) is 0 Å². The summed E-state index contributed by atoms with van der Waals surface area (Å²) in [5.74, 6) is 5.54. The molecule has 30 rings (SSSR count). The molecule has 0 unspecified atom stereocenters. The lowest BCUT2D eigenvalue weighted by atomic mass is 9.94. The van der Waals surface area contributed by atoms with E-state index in [9.17, 15) is 0 Å². The monoisotopic (exact) mass is 1880 g/mol. The second kappa shape index (κ2) is 35.7. The molecule has 0 atom stereocenters. The van der Waals surface area contributed by atoms with Crippen LogP contribution in [-0.2, 0) is 0 Å². The van der Waals surface area contributed by atoms with Crippen molar-refractivity contribution in [1.29, 1.82) is 0 Å². The zero-order valence-electron chi connectivity index (χ0n) is 79.0. The molecule has 24 aromatic carbocycles. The van der Waals surface area contributed by atoms with Crippen LogP contribution in [0.4, 0.5) is 0 Å². The van der Waals surface area contributed by atoms with E-state index in [0.717, 1.165) is 198 Å². The zero-order chi connectivity index (χ0) is 96.9. The van der Waals surface area contributed by atoms with Gasteiger partial charge in [-0.2, -0.15) is 0 Å². The topological polar surface area (TPSA) is 155 Å². The first kappa shape index (κ1) is 85.1. The summed E-state index contributed by atoms with van der Waals surface area (Å²) in [6.45, 7) is 0. The highest BCUT2D eigenvalue weighted by Gasteiger charge is 2.28. The van der Waals surface area contributed by atoms with E-state index in [1.165, 1.54) is 48.5 Å². The van der Waals surface area contributed by atoms with E-state index < -0.39 is 0 Å². The van der Waals surface area contributed by atoms with Crippen LogP contribution in [0.1, 0.15) is 0 Å². The van der Waals surface area contributed by atoms with Crippen molar-refractivity contribution >= 4 is 163 Å². The Kier molecular flexibility index (Phi) is 20.6.